The van der Waals surface area contributed by atoms with Crippen LogP contribution in [0, 0.1) is 0 Å². The van der Waals surface area contributed by atoms with E-state index >= 15 is 0 Å². The van der Waals surface area contributed by atoms with E-state index in [4.69, 9.17) is 23.2 Å². The molecule has 2 N–H and O–H groups in total. The first-order valence-corrected chi connectivity index (χ1v) is 10.7. The zero-order chi connectivity index (χ0) is 19.3. The summed E-state index contributed by atoms with van der Waals surface area (Å²) in [5, 5.41) is 4.87. The van der Waals surface area contributed by atoms with Crippen LogP contribution in [0.15, 0.2) is 59.6 Å². The topological polar surface area (TPSA) is 71.1 Å². The Hall–Kier alpha value is -1.70. The number of pyridine rings is 1. The third kappa shape index (κ3) is 5.18. The molecule has 1 heterocycles. The van der Waals surface area contributed by atoms with Gasteiger partial charge in [-0.1, -0.05) is 35.3 Å². The number of hydrogen-bond acceptors (Lipinski definition) is 4. The largest absolute Gasteiger partial charge is 0.315 e. The predicted molar refractivity (Wildman–Crippen MR) is 110 cm³/mol. The highest BCUT2D eigenvalue weighted by molar-refractivity contribution is 7.89. The number of hydrogen-bond donors (Lipinski definition) is 2. The van der Waals surface area contributed by atoms with Crippen molar-refractivity contribution in [1.29, 1.82) is 0 Å². The lowest BCUT2D eigenvalue weighted by Gasteiger charge is -2.10. The maximum Gasteiger partial charge on any atom is 0.241 e. The van der Waals surface area contributed by atoms with Gasteiger partial charge >= 0.3 is 0 Å². The van der Waals surface area contributed by atoms with E-state index < -0.39 is 10.0 Å². The minimum absolute atomic E-state index is 0.177. The van der Waals surface area contributed by atoms with Crippen LogP contribution in [0.25, 0.3) is 10.9 Å². The number of nitrogens with one attached hydrogen (secondary N) is 2. The second-order valence-corrected chi connectivity index (χ2v) is 8.55. The molecule has 0 aliphatic heterocycles. The van der Waals surface area contributed by atoms with Gasteiger partial charge in [0.2, 0.25) is 10.0 Å². The van der Waals surface area contributed by atoms with Crippen LogP contribution in [-0.2, 0) is 16.4 Å². The summed E-state index contributed by atoms with van der Waals surface area (Å²) < 4.78 is 27.9. The van der Waals surface area contributed by atoms with Gasteiger partial charge in [-0.05, 0) is 54.9 Å². The Balaban J connectivity index is 1.53. The minimum Gasteiger partial charge on any atom is -0.315 e. The van der Waals surface area contributed by atoms with Crippen LogP contribution in [0.3, 0.4) is 0 Å². The van der Waals surface area contributed by atoms with Crippen LogP contribution in [0.1, 0.15) is 5.56 Å². The van der Waals surface area contributed by atoms with Crippen LogP contribution in [0.2, 0.25) is 10.0 Å². The number of rotatable bonds is 8. The molecule has 3 rings (SSSR count). The van der Waals surface area contributed by atoms with Gasteiger partial charge in [0.1, 0.15) is 0 Å². The Morgan fingerprint density at radius 2 is 1.70 bits per heavy atom. The van der Waals surface area contributed by atoms with Gasteiger partial charge in [-0.25, -0.2) is 13.1 Å². The van der Waals surface area contributed by atoms with Crippen LogP contribution in [0.5, 0.6) is 0 Å². The van der Waals surface area contributed by atoms with Crippen molar-refractivity contribution in [1.82, 2.24) is 15.0 Å². The lowest BCUT2D eigenvalue weighted by atomic mass is 10.1. The third-order valence-corrected chi connectivity index (χ3v) is 6.14. The zero-order valence-corrected chi connectivity index (χ0v) is 16.8. The molecule has 0 unspecified atom stereocenters. The summed E-state index contributed by atoms with van der Waals surface area (Å²) in [7, 11) is -3.65. The number of sulfonamides is 1. The van der Waals surface area contributed by atoms with Crippen molar-refractivity contribution >= 4 is 44.1 Å². The standard InChI is InChI=1S/C19H19Cl2N3O2S/c20-15-5-3-14(4-6-15)9-11-22-12-13-24-27(25,26)18-8-7-17(21)19-16(18)2-1-10-23-19/h1-8,10,22,24H,9,11-13H2. The molecule has 8 heteroatoms. The van der Waals surface area contributed by atoms with Crippen molar-refractivity contribution < 1.29 is 8.42 Å². The van der Waals surface area contributed by atoms with Crippen LogP contribution < -0.4 is 10.0 Å². The van der Waals surface area contributed by atoms with E-state index in [2.05, 4.69) is 15.0 Å². The van der Waals surface area contributed by atoms with E-state index in [0.717, 1.165) is 13.0 Å². The number of aromatic nitrogens is 1. The minimum atomic E-state index is -3.65. The van der Waals surface area contributed by atoms with Crippen molar-refractivity contribution in [2.75, 3.05) is 19.6 Å². The van der Waals surface area contributed by atoms with Crippen molar-refractivity contribution in [3.05, 3.63) is 70.3 Å². The summed E-state index contributed by atoms with van der Waals surface area (Å²) in [6.45, 7) is 1.56. The average Bonchev–Trinajstić information content (AvgIpc) is 2.66. The molecule has 0 saturated carbocycles. The summed E-state index contributed by atoms with van der Waals surface area (Å²) in [4.78, 5) is 4.34. The van der Waals surface area contributed by atoms with Crippen molar-refractivity contribution in [3.63, 3.8) is 0 Å². The fraction of sp³-hybridized carbons (Fsp3) is 0.211. The molecule has 0 fully saturated rings. The van der Waals surface area contributed by atoms with Crippen molar-refractivity contribution in [3.8, 4) is 0 Å². The predicted octanol–water partition coefficient (Wildman–Crippen LogP) is 3.65. The maximum atomic E-state index is 12.6. The quantitative estimate of drug-likeness (QED) is 0.542. The highest BCUT2D eigenvalue weighted by atomic mass is 35.5. The SMILES string of the molecule is O=S(=O)(NCCNCCc1ccc(Cl)cc1)c1ccc(Cl)c2ncccc12. The molecule has 0 aliphatic carbocycles. The second-order valence-electron chi connectivity index (χ2n) is 5.97. The highest BCUT2D eigenvalue weighted by Crippen LogP contribution is 2.27. The number of nitrogens with zero attached hydrogens (tertiary/aromatic N) is 1. The molecule has 142 valence electrons. The molecule has 3 aromatic rings. The summed E-state index contributed by atoms with van der Waals surface area (Å²) in [6.07, 6.45) is 2.43. The lowest BCUT2D eigenvalue weighted by molar-refractivity contribution is 0.577. The van der Waals surface area contributed by atoms with Crippen LogP contribution in [-0.4, -0.2) is 33.0 Å². The van der Waals surface area contributed by atoms with Gasteiger partial charge in [0, 0.05) is 29.7 Å². The first-order chi connectivity index (χ1) is 13.0. The third-order valence-electron chi connectivity index (χ3n) is 4.07. The molecule has 1 aromatic heterocycles. The van der Waals surface area contributed by atoms with E-state index in [1.165, 1.54) is 11.6 Å². The Labute approximate surface area is 168 Å². The Morgan fingerprint density at radius 1 is 0.926 bits per heavy atom. The van der Waals surface area contributed by atoms with E-state index in [0.29, 0.717) is 27.5 Å². The monoisotopic (exact) mass is 423 g/mol. The van der Waals surface area contributed by atoms with Crippen LogP contribution in [0.4, 0.5) is 0 Å². The van der Waals surface area contributed by atoms with Gasteiger partial charge < -0.3 is 5.32 Å². The smallest absolute Gasteiger partial charge is 0.241 e. The Bertz CT molecular complexity index is 1020. The lowest BCUT2D eigenvalue weighted by Crippen LogP contribution is -2.32. The first-order valence-electron chi connectivity index (χ1n) is 8.45. The van der Waals surface area contributed by atoms with Gasteiger partial charge in [0.05, 0.1) is 15.4 Å². The van der Waals surface area contributed by atoms with E-state index in [1.807, 2.05) is 24.3 Å². The Morgan fingerprint density at radius 3 is 2.48 bits per heavy atom. The molecule has 27 heavy (non-hydrogen) atoms. The van der Waals surface area contributed by atoms with Crippen molar-refractivity contribution in [2.45, 2.75) is 11.3 Å². The van der Waals surface area contributed by atoms with E-state index in [9.17, 15) is 8.42 Å². The fourth-order valence-electron chi connectivity index (χ4n) is 2.71. The molecule has 2 aromatic carbocycles. The molecular weight excluding hydrogens is 405 g/mol. The first kappa shape index (κ1) is 20.0. The van der Waals surface area contributed by atoms with Gasteiger partial charge in [0.25, 0.3) is 0 Å². The summed E-state index contributed by atoms with van der Waals surface area (Å²) in [6, 6.07) is 14.1. The van der Waals surface area contributed by atoms with Crippen LogP contribution >= 0.6 is 23.2 Å². The second kappa shape index (κ2) is 8.99. The highest BCUT2D eigenvalue weighted by Gasteiger charge is 2.18. The normalized spacial score (nSPS) is 11.8. The summed E-state index contributed by atoms with van der Waals surface area (Å²) in [5.74, 6) is 0. The fourth-order valence-corrected chi connectivity index (χ4v) is 4.27. The van der Waals surface area contributed by atoms with Crippen molar-refractivity contribution in [2.24, 2.45) is 0 Å². The number of benzene rings is 2. The molecule has 0 bridgehead atoms. The van der Waals surface area contributed by atoms with Gasteiger partial charge in [-0.3, -0.25) is 4.98 Å². The average molecular weight is 424 g/mol. The summed E-state index contributed by atoms with van der Waals surface area (Å²) in [5.41, 5.74) is 1.65. The number of halogens is 2. The molecule has 0 aliphatic rings. The van der Waals surface area contributed by atoms with Gasteiger partial charge in [-0.15, -0.1) is 0 Å². The Kier molecular flexibility index (Phi) is 6.68. The molecule has 0 atom stereocenters. The molecule has 5 nitrogen and oxygen atoms in total. The maximum absolute atomic E-state index is 12.6. The number of fused-ring (bicyclic) bond motifs is 1. The summed E-state index contributed by atoms with van der Waals surface area (Å²) >= 11 is 12.0. The zero-order valence-electron chi connectivity index (χ0n) is 14.5. The van der Waals surface area contributed by atoms with Gasteiger partial charge in [0.15, 0.2) is 0 Å². The molecule has 0 saturated heterocycles. The van der Waals surface area contributed by atoms with Gasteiger partial charge in [-0.2, -0.15) is 0 Å². The van der Waals surface area contributed by atoms with E-state index in [1.54, 1.807) is 24.4 Å². The molecular formula is C19H19Cl2N3O2S. The molecule has 0 spiro atoms. The molecule has 0 amide bonds. The van der Waals surface area contributed by atoms with E-state index in [-0.39, 0.29) is 11.4 Å². The molecule has 0 radical (unpaired) electrons.